The Labute approximate surface area is 151 Å². The molecular formula is C20H18N6. The molecule has 2 aromatic carbocycles. The minimum absolute atomic E-state index is 0.428. The van der Waals surface area contributed by atoms with Crippen LogP contribution in [0.15, 0.2) is 67.0 Å². The van der Waals surface area contributed by atoms with Crippen molar-refractivity contribution in [1.82, 2.24) is 20.2 Å². The molecule has 26 heavy (non-hydrogen) atoms. The van der Waals surface area contributed by atoms with E-state index in [0.29, 0.717) is 18.3 Å². The van der Waals surface area contributed by atoms with Gasteiger partial charge in [-0.2, -0.15) is 10.1 Å². The number of nitrogens with one attached hydrogen (secondary N) is 2. The predicted octanol–water partition coefficient (Wildman–Crippen LogP) is 4.08. The lowest BCUT2D eigenvalue weighted by Gasteiger charge is -2.09. The van der Waals surface area contributed by atoms with E-state index in [1.807, 2.05) is 36.4 Å². The third-order valence-electron chi connectivity index (χ3n) is 3.99. The van der Waals surface area contributed by atoms with Crippen molar-refractivity contribution in [3.8, 4) is 0 Å². The molecule has 6 nitrogen and oxygen atoms in total. The number of rotatable bonds is 5. The summed E-state index contributed by atoms with van der Waals surface area (Å²) in [6.07, 6.45) is 3.38. The Morgan fingerprint density at radius 1 is 1.00 bits per heavy atom. The molecule has 0 radical (unpaired) electrons. The first-order valence-corrected chi connectivity index (χ1v) is 8.38. The summed E-state index contributed by atoms with van der Waals surface area (Å²) in [6.45, 7) is 2.76. The Morgan fingerprint density at radius 3 is 2.81 bits per heavy atom. The molecule has 4 rings (SSSR count). The highest BCUT2D eigenvalue weighted by atomic mass is 15.3. The number of hydrogen-bond donors (Lipinski definition) is 2. The van der Waals surface area contributed by atoms with Gasteiger partial charge in [-0.05, 0) is 24.6 Å². The second-order valence-corrected chi connectivity index (χ2v) is 6.01. The highest BCUT2D eigenvalue weighted by Gasteiger charge is 2.05. The van der Waals surface area contributed by atoms with Gasteiger partial charge < -0.3 is 10.6 Å². The van der Waals surface area contributed by atoms with Crippen LogP contribution in [-0.4, -0.2) is 20.2 Å². The van der Waals surface area contributed by atoms with Crippen molar-refractivity contribution in [3.05, 3.63) is 78.1 Å². The predicted molar refractivity (Wildman–Crippen MR) is 103 cm³/mol. The first kappa shape index (κ1) is 16.0. The van der Waals surface area contributed by atoms with Crippen LogP contribution in [0.2, 0.25) is 0 Å². The summed E-state index contributed by atoms with van der Waals surface area (Å²) >= 11 is 0. The van der Waals surface area contributed by atoms with Crippen LogP contribution < -0.4 is 10.6 Å². The zero-order valence-corrected chi connectivity index (χ0v) is 14.3. The van der Waals surface area contributed by atoms with Crippen LogP contribution in [0.3, 0.4) is 0 Å². The van der Waals surface area contributed by atoms with Crippen LogP contribution in [0.1, 0.15) is 11.1 Å². The van der Waals surface area contributed by atoms with Gasteiger partial charge in [0.05, 0.1) is 17.4 Å². The van der Waals surface area contributed by atoms with Gasteiger partial charge in [0.15, 0.2) is 5.82 Å². The lowest BCUT2D eigenvalue weighted by molar-refractivity contribution is 0.966. The first-order valence-electron chi connectivity index (χ1n) is 8.38. The Morgan fingerprint density at radius 2 is 1.88 bits per heavy atom. The molecule has 0 amide bonds. The smallest absolute Gasteiger partial charge is 0.249 e. The molecule has 2 aromatic heterocycles. The van der Waals surface area contributed by atoms with E-state index in [0.717, 1.165) is 16.6 Å². The lowest BCUT2D eigenvalue weighted by Crippen LogP contribution is -2.06. The van der Waals surface area contributed by atoms with Crippen molar-refractivity contribution in [1.29, 1.82) is 0 Å². The number of aromatic nitrogens is 4. The second kappa shape index (κ2) is 7.14. The molecule has 0 aliphatic carbocycles. The first-order chi connectivity index (χ1) is 12.8. The molecule has 0 bridgehead atoms. The van der Waals surface area contributed by atoms with Crippen molar-refractivity contribution in [3.63, 3.8) is 0 Å². The summed E-state index contributed by atoms with van der Waals surface area (Å²) in [5, 5.41) is 15.6. The van der Waals surface area contributed by atoms with Crippen LogP contribution >= 0.6 is 0 Å². The molecule has 0 saturated heterocycles. The monoisotopic (exact) mass is 342 g/mol. The summed E-state index contributed by atoms with van der Waals surface area (Å²) in [6, 6.07) is 18.2. The topological polar surface area (TPSA) is 75.6 Å². The lowest BCUT2D eigenvalue weighted by atomic mass is 10.1. The highest BCUT2D eigenvalue weighted by molar-refractivity contribution is 5.91. The van der Waals surface area contributed by atoms with Crippen LogP contribution in [0.5, 0.6) is 0 Å². The Balaban J connectivity index is 1.52. The van der Waals surface area contributed by atoms with Crippen LogP contribution in [0.25, 0.3) is 10.9 Å². The second-order valence-electron chi connectivity index (χ2n) is 6.01. The molecule has 0 aliphatic heterocycles. The Hall–Kier alpha value is -3.54. The van der Waals surface area contributed by atoms with Gasteiger partial charge in [0.1, 0.15) is 0 Å². The van der Waals surface area contributed by atoms with E-state index in [4.69, 9.17) is 0 Å². The molecular weight excluding hydrogens is 324 g/mol. The largest absolute Gasteiger partial charge is 0.365 e. The van der Waals surface area contributed by atoms with E-state index < -0.39 is 0 Å². The van der Waals surface area contributed by atoms with Crippen LogP contribution in [0.4, 0.5) is 17.5 Å². The zero-order valence-electron chi connectivity index (χ0n) is 14.3. The molecule has 0 saturated carbocycles. The van der Waals surface area contributed by atoms with E-state index in [1.165, 1.54) is 11.1 Å². The molecule has 4 aromatic rings. The van der Waals surface area contributed by atoms with Gasteiger partial charge in [0.25, 0.3) is 0 Å². The van der Waals surface area contributed by atoms with Crippen molar-refractivity contribution in [2.75, 3.05) is 10.6 Å². The maximum atomic E-state index is 4.49. The van der Waals surface area contributed by atoms with Gasteiger partial charge in [-0.15, -0.1) is 5.10 Å². The molecule has 2 heterocycles. The van der Waals surface area contributed by atoms with Crippen LogP contribution in [-0.2, 0) is 6.54 Å². The number of nitrogens with zero attached hydrogens (tertiary/aromatic N) is 4. The van der Waals surface area contributed by atoms with Crippen LogP contribution in [0, 0.1) is 6.92 Å². The van der Waals surface area contributed by atoms with E-state index in [9.17, 15) is 0 Å². The fraction of sp³-hybridized carbons (Fsp3) is 0.100. The molecule has 6 heteroatoms. The Kier molecular flexibility index (Phi) is 4.38. The fourth-order valence-electron chi connectivity index (χ4n) is 2.78. The third kappa shape index (κ3) is 3.59. The van der Waals surface area contributed by atoms with E-state index in [2.05, 4.69) is 55.9 Å². The summed E-state index contributed by atoms with van der Waals surface area (Å²) in [5.74, 6) is 1.09. The molecule has 0 atom stereocenters. The number of benzene rings is 2. The van der Waals surface area contributed by atoms with Crippen molar-refractivity contribution >= 4 is 28.4 Å². The normalized spacial score (nSPS) is 10.7. The van der Waals surface area contributed by atoms with E-state index in [1.54, 1.807) is 12.4 Å². The molecule has 0 unspecified atom stereocenters. The number of fused-ring (bicyclic) bond motifs is 1. The fourth-order valence-corrected chi connectivity index (χ4v) is 2.78. The standard InChI is InChI=1S/C20H18N6/c1-14-5-2-6-15(11-14)12-22-18-13-23-26-20(25-18)24-17-9-3-7-16-8-4-10-21-19(16)17/h2-11,13H,12H2,1H3,(H2,22,24,25,26). The average molecular weight is 342 g/mol. The van der Waals surface area contributed by atoms with Gasteiger partial charge in [0.2, 0.25) is 5.95 Å². The SMILES string of the molecule is Cc1cccc(CNc2cnnc(Nc3cccc4cccnc34)n2)c1. The Bertz CT molecular complexity index is 1040. The minimum atomic E-state index is 0.428. The minimum Gasteiger partial charge on any atom is -0.365 e. The number of aryl methyl sites for hydroxylation is 1. The number of anilines is 3. The average Bonchev–Trinajstić information content (AvgIpc) is 2.67. The highest BCUT2D eigenvalue weighted by Crippen LogP contribution is 2.23. The number of hydrogen-bond acceptors (Lipinski definition) is 6. The molecule has 2 N–H and O–H groups in total. The summed E-state index contributed by atoms with van der Waals surface area (Å²) in [5.41, 5.74) is 4.14. The number of para-hydroxylation sites is 1. The van der Waals surface area contributed by atoms with Gasteiger partial charge in [-0.25, -0.2) is 0 Å². The van der Waals surface area contributed by atoms with Gasteiger partial charge >= 0.3 is 0 Å². The summed E-state index contributed by atoms with van der Waals surface area (Å²) < 4.78 is 0. The third-order valence-corrected chi connectivity index (χ3v) is 3.99. The summed E-state index contributed by atoms with van der Waals surface area (Å²) in [7, 11) is 0. The number of pyridine rings is 1. The summed E-state index contributed by atoms with van der Waals surface area (Å²) in [4.78, 5) is 8.92. The molecule has 0 aliphatic rings. The maximum absolute atomic E-state index is 4.49. The van der Waals surface area contributed by atoms with Gasteiger partial charge in [0, 0.05) is 18.1 Å². The van der Waals surface area contributed by atoms with E-state index >= 15 is 0 Å². The van der Waals surface area contributed by atoms with Crippen molar-refractivity contribution in [2.45, 2.75) is 13.5 Å². The molecule has 0 spiro atoms. The van der Waals surface area contributed by atoms with Gasteiger partial charge in [-0.3, -0.25) is 4.98 Å². The quantitative estimate of drug-likeness (QED) is 0.569. The maximum Gasteiger partial charge on any atom is 0.249 e. The van der Waals surface area contributed by atoms with Crippen molar-refractivity contribution < 1.29 is 0 Å². The molecule has 0 fully saturated rings. The van der Waals surface area contributed by atoms with Crippen molar-refractivity contribution in [2.24, 2.45) is 0 Å². The van der Waals surface area contributed by atoms with Gasteiger partial charge in [-0.1, -0.05) is 48.0 Å². The zero-order chi connectivity index (χ0) is 17.8. The molecule has 128 valence electrons. The van der Waals surface area contributed by atoms with E-state index in [-0.39, 0.29) is 0 Å².